The van der Waals surface area contributed by atoms with Gasteiger partial charge in [-0.15, -0.1) is 0 Å². The molecule has 6 heteroatoms. The number of nitrogens with zero attached hydrogens (tertiary/aromatic N) is 1. The molecule has 0 bridgehead atoms. The maximum Gasteiger partial charge on any atom is 0.213 e. The lowest BCUT2D eigenvalue weighted by Gasteiger charge is -2.15. The van der Waals surface area contributed by atoms with E-state index in [2.05, 4.69) is 47.2 Å². The second kappa shape index (κ2) is 10.2. The number of rotatable bonds is 6. The Balaban J connectivity index is 0.00000274. The van der Waals surface area contributed by atoms with Gasteiger partial charge in [0.15, 0.2) is 29.2 Å². The number of pyridine rings is 1. The van der Waals surface area contributed by atoms with Gasteiger partial charge in [-0.2, -0.15) is 4.57 Å². The predicted octanol–water partition coefficient (Wildman–Crippen LogP) is 2.35. The Kier molecular flexibility index (Phi) is 7.13. The summed E-state index contributed by atoms with van der Waals surface area (Å²) in [5.74, 6) is 3.02. The molecule has 0 saturated heterocycles. The van der Waals surface area contributed by atoms with Gasteiger partial charge >= 0.3 is 0 Å². The highest BCUT2D eigenvalue weighted by molar-refractivity contribution is 5.91. The lowest BCUT2D eigenvalue weighted by Crippen LogP contribution is -3.00. The number of fused-ring (bicyclic) bond motifs is 4. The van der Waals surface area contributed by atoms with Gasteiger partial charge in [0.2, 0.25) is 5.69 Å². The van der Waals surface area contributed by atoms with E-state index in [0.717, 1.165) is 64.4 Å². The summed E-state index contributed by atoms with van der Waals surface area (Å²) in [6.07, 6.45) is 4.21. The summed E-state index contributed by atoms with van der Waals surface area (Å²) in [5, 5.41) is 2.14. The smallest absolute Gasteiger partial charge is 0.213 e. The first-order valence-corrected chi connectivity index (χ1v) is 11.2. The molecule has 0 aliphatic carbocycles. The van der Waals surface area contributed by atoms with Crippen LogP contribution in [0, 0.1) is 0 Å². The average Bonchev–Trinajstić information content (AvgIpc) is 3.03. The Morgan fingerprint density at radius 3 is 2.29 bits per heavy atom. The molecule has 0 radical (unpaired) electrons. The summed E-state index contributed by atoms with van der Waals surface area (Å²) in [5.41, 5.74) is 4.73. The van der Waals surface area contributed by atoms with Crippen molar-refractivity contribution in [3.63, 3.8) is 0 Å². The van der Waals surface area contributed by atoms with Crippen molar-refractivity contribution < 1.29 is 35.9 Å². The molecule has 176 valence electrons. The van der Waals surface area contributed by atoms with Crippen LogP contribution >= 0.6 is 0 Å². The number of hydrogen-bond acceptors (Lipinski definition) is 4. The fourth-order valence-corrected chi connectivity index (χ4v) is 4.57. The normalized spacial score (nSPS) is 12.1. The molecule has 1 aromatic heterocycles. The van der Waals surface area contributed by atoms with Gasteiger partial charge in [-0.05, 0) is 47.2 Å². The SMILES string of the molecule is COc1cc2c(cc1OC)-c1cc3ccc(OC)c(OCc4ccccc4)c3c[n+]1CCC2.[Cl-]. The second-order valence-electron chi connectivity index (χ2n) is 8.19. The van der Waals surface area contributed by atoms with E-state index in [1.807, 2.05) is 24.3 Å². The highest BCUT2D eigenvalue weighted by Gasteiger charge is 2.25. The van der Waals surface area contributed by atoms with Gasteiger partial charge < -0.3 is 31.4 Å². The van der Waals surface area contributed by atoms with Crippen molar-refractivity contribution in [2.24, 2.45) is 0 Å². The van der Waals surface area contributed by atoms with Gasteiger partial charge in [0.25, 0.3) is 0 Å². The molecule has 1 aliphatic rings. The van der Waals surface area contributed by atoms with Gasteiger partial charge in [0.1, 0.15) is 13.2 Å². The molecule has 4 aromatic rings. The third kappa shape index (κ3) is 4.36. The first kappa shape index (κ1) is 23.7. The van der Waals surface area contributed by atoms with Crippen LogP contribution in [0.4, 0.5) is 0 Å². The van der Waals surface area contributed by atoms with E-state index in [0.29, 0.717) is 6.61 Å². The fourth-order valence-electron chi connectivity index (χ4n) is 4.57. The number of aryl methyl sites for hydroxylation is 2. The zero-order chi connectivity index (χ0) is 22.8. The first-order chi connectivity index (χ1) is 16.2. The van der Waals surface area contributed by atoms with Gasteiger partial charge in [-0.25, -0.2) is 0 Å². The van der Waals surface area contributed by atoms with E-state index < -0.39 is 0 Å². The summed E-state index contributed by atoms with van der Waals surface area (Å²) in [4.78, 5) is 0. The summed E-state index contributed by atoms with van der Waals surface area (Å²) in [7, 11) is 5.04. The molecule has 0 unspecified atom stereocenters. The molecule has 0 saturated carbocycles. The number of aromatic nitrogens is 1. The van der Waals surface area contributed by atoms with Crippen molar-refractivity contribution in [3.8, 4) is 34.3 Å². The Morgan fingerprint density at radius 2 is 1.56 bits per heavy atom. The number of hydrogen-bond donors (Lipinski definition) is 0. The molecule has 2 heterocycles. The van der Waals surface area contributed by atoms with Gasteiger partial charge in [-0.1, -0.05) is 30.3 Å². The largest absolute Gasteiger partial charge is 1.00 e. The van der Waals surface area contributed by atoms with E-state index in [1.54, 1.807) is 21.3 Å². The molecule has 1 aliphatic heterocycles. The van der Waals surface area contributed by atoms with E-state index >= 15 is 0 Å². The molecular formula is C28H28ClNO4. The minimum Gasteiger partial charge on any atom is -1.00 e. The highest BCUT2D eigenvalue weighted by Crippen LogP contribution is 2.40. The third-order valence-corrected chi connectivity index (χ3v) is 6.26. The Bertz CT molecular complexity index is 1310. The van der Waals surface area contributed by atoms with Crippen LogP contribution in [0.1, 0.15) is 17.5 Å². The summed E-state index contributed by atoms with van der Waals surface area (Å²) in [6.45, 7) is 1.40. The Hall–Kier alpha value is -3.44. The van der Waals surface area contributed by atoms with Crippen LogP contribution in [0.15, 0.2) is 66.9 Å². The molecule has 0 amide bonds. The van der Waals surface area contributed by atoms with Crippen LogP contribution in [0.2, 0.25) is 0 Å². The molecule has 3 aromatic carbocycles. The Morgan fingerprint density at radius 1 is 0.824 bits per heavy atom. The zero-order valence-electron chi connectivity index (χ0n) is 19.6. The van der Waals surface area contributed by atoms with E-state index in [1.165, 1.54) is 11.1 Å². The number of halogens is 1. The van der Waals surface area contributed by atoms with Crippen LogP contribution in [0.3, 0.4) is 0 Å². The van der Waals surface area contributed by atoms with Gasteiger partial charge in [0.05, 0.1) is 32.3 Å². The van der Waals surface area contributed by atoms with Crippen molar-refractivity contribution in [2.45, 2.75) is 26.0 Å². The number of benzene rings is 3. The van der Waals surface area contributed by atoms with E-state index in [4.69, 9.17) is 18.9 Å². The molecule has 0 spiro atoms. The maximum absolute atomic E-state index is 6.31. The van der Waals surface area contributed by atoms with E-state index in [-0.39, 0.29) is 12.4 Å². The van der Waals surface area contributed by atoms with Crippen LogP contribution in [0.5, 0.6) is 23.0 Å². The molecule has 5 nitrogen and oxygen atoms in total. The second-order valence-corrected chi connectivity index (χ2v) is 8.19. The quantitative estimate of drug-likeness (QED) is 0.400. The molecule has 0 atom stereocenters. The fraction of sp³-hybridized carbons (Fsp3) is 0.250. The summed E-state index contributed by atoms with van der Waals surface area (Å²) in [6, 6.07) is 20.7. The minimum atomic E-state index is 0. The molecule has 5 rings (SSSR count). The van der Waals surface area contributed by atoms with Crippen molar-refractivity contribution >= 4 is 10.8 Å². The highest BCUT2D eigenvalue weighted by atomic mass is 35.5. The van der Waals surface area contributed by atoms with Gasteiger partial charge in [-0.3, -0.25) is 0 Å². The van der Waals surface area contributed by atoms with E-state index in [9.17, 15) is 0 Å². The average molecular weight is 478 g/mol. The number of ether oxygens (including phenoxy) is 4. The summed E-state index contributed by atoms with van der Waals surface area (Å²) < 4.78 is 25.4. The van der Waals surface area contributed by atoms with Crippen molar-refractivity contribution in [1.29, 1.82) is 0 Å². The third-order valence-electron chi connectivity index (χ3n) is 6.26. The van der Waals surface area contributed by atoms with Crippen molar-refractivity contribution in [1.82, 2.24) is 0 Å². The van der Waals surface area contributed by atoms with Crippen LogP contribution in [-0.4, -0.2) is 21.3 Å². The molecule has 34 heavy (non-hydrogen) atoms. The monoisotopic (exact) mass is 477 g/mol. The maximum atomic E-state index is 6.31. The predicted molar refractivity (Wildman–Crippen MR) is 128 cm³/mol. The van der Waals surface area contributed by atoms with Crippen molar-refractivity contribution in [3.05, 3.63) is 78.0 Å². The van der Waals surface area contributed by atoms with Crippen molar-refractivity contribution in [2.75, 3.05) is 21.3 Å². The van der Waals surface area contributed by atoms with Crippen LogP contribution < -0.4 is 35.9 Å². The first-order valence-electron chi connectivity index (χ1n) is 11.2. The Labute approximate surface area is 206 Å². The molecule has 0 N–H and O–H groups in total. The topological polar surface area (TPSA) is 40.8 Å². The minimum absolute atomic E-state index is 0. The zero-order valence-corrected chi connectivity index (χ0v) is 20.4. The molecule has 0 fully saturated rings. The lowest BCUT2D eigenvalue weighted by atomic mass is 9.99. The van der Waals surface area contributed by atoms with Crippen LogP contribution in [-0.2, 0) is 19.6 Å². The van der Waals surface area contributed by atoms with Crippen LogP contribution in [0.25, 0.3) is 22.0 Å². The van der Waals surface area contributed by atoms with Gasteiger partial charge in [0, 0.05) is 12.5 Å². The standard InChI is InChI=1S/C28H28NO4.ClH/c1-30-25-12-11-21-14-24-22-16-27(32-3)26(31-2)15-20(22)10-7-13-29(24)17-23(21)28(25)33-18-19-8-5-4-6-9-19;/h4-6,8-9,11-12,14-17H,7,10,13,18H2,1-3H3;1H/q+1;/p-1. The molecular weight excluding hydrogens is 450 g/mol. The summed E-state index contributed by atoms with van der Waals surface area (Å²) >= 11 is 0. The number of methoxy groups -OCH3 is 3. The lowest BCUT2D eigenvalue weighted by molar-refractivity contribution is -0.684.